The number of thioether (sulfide) groups is 1. The third kappa shape index (κ3) is 2.54. The standard InChI is InChI=1S/C10H14N4S2/c1-2-8-13-9(16-14-8)15-6-10(12,5-11)7-3-4-7/h7H,2-4,6,12H2,1H3. The van der Waals surface area contributed by atoms with Crippen molar-refractivity contribution in [2.75, 3.05) is 5.75 Å². The van der Waals surface area contributed by atoms with Crippen LogP contribution in [0.1, 0.15) is 25.6 Å². The van der Waals surface area contributed by atoms with Gasteiger partial charge >= 0.3 is 0 Å². The quantitative estimate of drug-likeness (QED) is 0.811. The van der Waals surface area contributed by atoms with Gasteiger partial charge in [-0.1, -0.05) is 18.7 Å². The highest BCUT2D eigenvalue weighted by Gasteiger charge is 2.42. The Morgan fingerprint density at radius 3 is 2.94 bits per heavy atom. The fourth-order valence-corrected chi connectivity index (χ4v) is 3.29. The van der Waals surface area contributed by atoms with Crippen molar-refractivity contribution in [3.05, 3.63) is 5.82 Å². The molecule has 0 amide bonds. The van der Waals surface area contributed by atoms with Gasteiger partial charge in [0.25, 0.3) is 0 Å². The van der Waals surface area contributed by atoms with E-state index in [1.54, 1.807) is 11.8 Å². The monoisotopic (exact) mass is 254 g/mol. The van der Waals surface area contributed by atoms with E-state index in [1.807, 2.05) is 6.92 Å². The van der Waals surface area contributed by atoms with Crippen molar-refractivity contribution in [1.29, 1.82) is 5.26 Å². The molecule has 1 aromatic heterocycles. The second-order valence-corrected chi connectivity index (χ2v) is 6.02. The Hall–Kier alpha value is -0.640. The second-order valence-electron chi connectivity index (χ2n) is 4.05. The maximum atomic E-state index is 9.10. The van der Waals surface area contributed by atoms with E-state index >= 15 is 0 Å². The molecule has 1 saturated carbocycles. The third-order valence-electron chi connectivity index (χ3n) is 2.71. The minimum absolute atomic E-state index is 0.378. The third-order valence-corrected chi connectivity index (χ3v) is 4.80. The molecule has 86 valence electrons. The molecule has 1 aliphatic carbocycles. The summed E-state index contributed by atoms with van der Waals surface area (Å²) < 4.78 is 5.13. The number of nitriles is 1. The highest BCUT2D eigenvalue weighted by molar-refractivity contribution is 8.01. The molecule has 0 saturated heterocycles. The zero-order valence-electron chi connectivity index (χ0n) is 9.14. The maximum absolute atomic E-state index is 9.10. The maximum Gasteiger partial charge on any atom is 0.170 e. The van der Waals surface area contributed by atoms with Gasteiger partial charge in [-0.05, 0) is 30.3 Å². The van der Waals surface area contributed by atoms with Gasteiger partial charge in [0.05, 0.1) is 6.07 Å². The highest BCUT2D eigenvalue weighted by atomic mass is 32.2. The number of nitrogens with two attached hydrogens (primary N) is 1. The van der Waals surface area contributed by atoms with Crippen molar-refractivity contribution < 1.29 is 0 Å². The highest BCUT2D eigenvalue weighted by Crippen LogP contribution is 2.40. The number of rotatable bonds is 5. The van der Waals surface area contributed by atoms with Crippen molar-refractivity contribution in [3.8, 4) is 6.07 Å². The first-order valence-electron chi connectivity index (χ1n) is 5.33. The fraction of sp³-hybridized carbons (Fsp3) is 0.700. The van der Waals surface area contributed by atoms with E-state index in [0.29, 0.717) is 11.7 Å². The Labute approximate surface area is 103 Å². The first kappa shape index (κ1) is 11.8. The van der Waals surface area contributed by atoms with E-state index in [2.05, 4.69) is 15.4 Å². The van der Waals surface area contributed by atoms with Gasteiger partial charge in [0.1, 0.15) is 11.4 Å². The van der Waals surface area contributed by atoms with Crippen molar-refractivity contribution in [2.24, 2.45) is 11.7 Å². The molecule has 0 bridgehead atoms. The average Bonchev–Trinajstić information content (AvgIpc) is 3.06. The Morgan fingerprint density at radius 2 is 2.44 bits per heavy atom. The summed E-state index contributed by atoms with van der Waals surface area (Å²) in [6.45, 7) is 2.03. The molecule has 16 heavy (non-hydrogen) atoms. The minimum Gasteiger partial charge on any atom is -0.312 e. The molecule has 0 radical (unpaired) electrons. The van der Waals surface area contributed by atoms with Crippen molar-refractivity contribution >= 4 is 23.3 Å². The first-order chi connectivity index (χ1) is 7.68. The lowest BCUT2D eigenvalue weighted by Crippen LogP contribution is -2.43. The molecular weight excluding hydrogens is 240 g/mol. The molecule has 1 atom stereocenters. The zero-order valence-corrected chi connectivity index (χ0v) is 10.8. The number of nitrogens with zero attached hydrogens (tertiary/aromatic N) is 3. The second kappa shape index (κ2) is 4.70. The lowest BCUT2D eigenvalue weighted by Gasteiger charge is -2.19. The van der Waals surface area contributed by atoms with Gasteiger partial charge < -0.3 is 5.73 Å². The summed E-state index contributed by atoms with van der Waals surface area (Å²) in [5, 5.41) is 9.10. The van der Waals surface area contributed by atoms with E-state index < -0.39 is 5.54 Å². The normalized spacial score (nSPS) is 19.1. The summed E-state index contributed by atoms with van der Waals surface area (Å²) in [6, 6.07) is 2.24. The van der Waals surface area contributed by atoms with Crippen LogP contribution < -0.4 is 5.73 Å². The van der Waals surface area contributed by atoms with Crippen molar-refractivity contribution in [2.45, 2.75) is 36.1 Å². The molecule has 1 unspecified atom stereocenters. The lowest BCUT2D eigenvalue weighted by atomic mass is 10.00. The van der Waals surface area contributed by atoms with Crippen LogP contribution in [0.4, 0.5) is 0 Å². The van der Waals surface area contributed by atoms with Crippen LogP contribution in [-0.4, -0.2) is 20.6 Å². The molecule has 4 nitrogen and oxygen atoms in total. The summed E-state index contributed by atoms with van der Waals surface area (Å²) in [6.07, 6.45) is 3.02. The molecule has 6 heteroatoms. The molecule has 1 heterocycles. The smallest absolute Gasteiger partial charge is 0.170 e. The molecule has 0 aromatic carbocycles. The Balaban J connectivity index is 1.93. The minimum atomic E-state index is -0.678. The molecule has 2 rings (SSSR count). The largest absolute Gasteiger partial charge is 0.312 e. The van der Waals surface area contributed by atoms with Gasteiger partial charge in [-0.25, -0.2) is 4.98 Å². The van der Waals surface area contributed by atoms with Crippen molar-refractivity contribution in [3.63, 3.8) is 0 Å². The van der Waals surface area contributed by atoms with Crippen LogP contribution in [0.2, 0.25) is 0 Å². The molecule has 1 aliphatic rings. The van der Waals surface area contributed by atoms with Crippen molar-refractivity contribution in [1.82, 2.24) is 9.36 Å². The summed E-state index contributed by atoms with van der Waals surface area (Å²) in [5.74, 6) is 1.87. The number of aromatic nitrogens is 2. The van der Waals surface area contributed by atoms with Gasteiger partial charge in [-0.3, -0.25) is 0 Å². The average molecular weight is 254 g/mol. The lowest BCUT2D eigenvalue weighted by molar-refractivity contribution is 0.532. The van der Waals surface area contributed by atoms with Crippen LogP contribution in [0.5, 0.6) is 0 Å². The van der Waals surface area contributed by atoms with E-state index in [9.17, 15) is 0 Å². The van der Waals surface area contributed by atoms with Crippen LogP contribution in [0.25, 0.3) is 0 Å². The van der Waals surface area contributed by atoms with Gasteiger partial charge in [0, 0.05) is 12.2 Å². The van der Waals surface area contributed by atoms with Gasteiger partial charge in [-0.2, -0.15) is 9.64 Å². The predicted molar refractivity (Wildman–Crippen MR) is 65.3 cm³/mol. The molecule has 2 N–H and O–H groups in total. The Kier molecular flexibility index (Phi) is 3.47. The molecule has 0 aliphatic heterocycles. The molecular formula is C10H14N4S2. The van der Waals surface area contributed by atoms with E-state index in [-0.39, 0.29) is 0 Å². The molecule has 1 fully saturated rings. The zero-order chi connectivity index (χ0) is 11.6. The van der Waals surface area contributed by atoms with Crippen LogP contribution >= 0.6 is 23.3 Å². The SMILES string of the molecule is CCc1nsc(SCC(N)(C#N)C2CC2)n1. The van der Waals surface area contributed by atoms with Gasteiger partial charge in [0.15, 0.2) is 4.34 Å². The Bertz CT molecular complexity index is 407. The van der Waals surface area contributed by atoms with E-state index in [0.717, 1.165) is 29.4 Å². The fourth-order valence-electron chi connectivity index (χ4n) is 1.46. The summed E-state index contributed by atoms with van der Waals surface area (Å²) in [7, 11) is 0. The summed E-state index contributed by atoms with van der Waals surface area (Å²) >= 11 is 2.95. The van der Waals surface area contributed by atoms with Gasteiger partial charge in [-0.15, -0.1) is 0 Å². The van der Waals surface area contributed by atoms with E-state index in [4.69, 9.17) is 11.0 Å². The van der Waals surface area contributed by atoms with Crippen LogP contribution in [0, 0.1) is 17.2 Å². The molecule has 0 spiro atoms. The van der Waals surface area contributed by atoms with E-state index in [1.165, 1.54) is 11.5 Å². The number of hydrogen-bond acceptors (Lipinski definition) is 6. The van der Waals surface area contributed by atoms with Gasteiger partial charge in [0.2, 0.25) is 0 Å². The summed E-state index contributed by atoms with van der Waals surface area (Å²) in [4.78, 5) is 4.35. The summed E-state index contributed by atoms with van der Waals surface area (Å²) in [5.41, 5.74) is 5.39. The topological polar surface area (TPSA) is 75.6 Å². The van der Waals surface area contributed by atoms with Crippen LogP contribution in [0.15, 0.2) is 4.34 Å². The molecule has 1 aromatic rings. The first-order valence-corrected chi connectivity index (χ1v) is 7.09. The van der Waals surface area contributed by atoms with Crippen LogP contribution in [-0.2, 0) is 6.42 Å². The number of aryl methyl sites for hydroxylation is 1. The number of hydrogen-bond donors (Lipinski definition) is 1. The predicted octanol–water partition coefficient (Wildman–Crippen LogP) is 1.82. The van der Waals surface area contributed by atoms with Crippen LogP contribution in [0.3, 0.4) is 0 Å². The Morgan fingerprint density at radius 1 is 1.69 bits per heavy atom.